The van der Waals surface area contributed by atoms with Crippen LogP contribution in [0.4, 0.5) is 10.5 Å². The normalized spacial score (nSPS) is 14.6. The molecule has 3 aromatic rings. The molecule has 0 radical (unpaired) electrons. The van der Waals surface area contributed by atoms with E-state index in [0.29, 0.717) is 17.1 Å². The van der Waals surface area contributed by atoms with Crippen LogP contribution in [0, 0.1) is 13.8 Å². The minimum Gasteiger partial charge on any atom is -0.545 e. The van der Waals surface area contributed by atoms with Crippen LogP contribution in [0.15, 0.2) is 65.7 Å². The Hall–Kier alpha value is -4.11. The third-order valence-electron chi connectivity index (χ3n) is 5.34. The number of rotatable bonds is 6. The topological polar surface area (TPSA) is 112 Å². The van der Waals surface area contributed by atoms with Gasteiger partial charge in [-0.3, -0.25) is 19.3 Å². The third-order valence-corrected chi connectivity index (χ3v) is 6.25. The highest BCUT2D eigenvalue weighted by Crippen LogP contribution is 2.32. The Balaban J connectivity index is 1.53. The van der Waals surface area contributed by atoms with E-state index in [2.05, 4.69) is 5.32 Å². The monoisotopic (exact) mass is 474 g/mol. The van der Waals surface area contributed by atoms with Crippen molar-refractivity contribution in [3.8, 4) is 5.69 Å². The van der Waals surface area contributed by atoms with E-state index < -0.39 is 29.6 Å². The van der Waals surface area contributed by atoms with Crippen LogP contribution in [0.3, 0.4) is 0 Å². The molecule has 3 amide bonds. The maximum Gasteiger partial charge on any atom is 0.294 e. The van der Waals surface area contributed by atoms with Crippen molar-refractivity contribution in [2.24, 2.45) is 0 Å². The summed E-state index contributed by atoms with van der Waals surface area (Å²) in [4.78, 5) is 50.2. The van der Waals surface area contributed by atoms with Crippen LogP contribution in [-0.2, 0) is 9.59 Å². The second-order valence-electron chi connectivity index (χ2n) is 7.72. The molecule has 1 aliphatic rings. The van der Waals surface area contributed by atoms with Gasteiger partial charge in [-0.15, -0.1) is 0 Å². The van der Waals surface area contributed by atoms with Crippen molar-refractivity contribution < 1.29 is 24.3 Å². The van der Waals surface area contributed by atoms with Crippen molar-refractivity contribution in [1.82, 2.24) is 9.47 Å². The first-order valence-corrected chi connectivity index (χ1v) is 11.2. The van der Waals surface area contributed by atoms with Gasteiger partial charge in [0.15, 0.2) is 0 Å². The van der Waals surface area contributed by atoms with Crippen LogP contribution in [-0.4, -0.2) is 39.0 Å². The van der Waals surface area contributed by atoms with Gasteiger partial charge in [-0.1, -0.05) is 30.3 Å². The molecule has 0 unspecified atom stereocenters. The largest absolute Gasteiger partial charge is 0.545 e. The number of nitrogens with zero attached hydrogens (tertiary/aromatic N) is 2. The summed E-state index contributed by atoms with van der Waals surface area (Å²) in [5, 5.41) is 13.4. The second-order valence-corrected chi connectivity index (χ2v) is 8.72. The highest BCUT2D eigenvalue weighted by atomic mass is 32.2. The molecule has 4 rings (SSSR count). The Morgan fingerprint density at radius 1 is 1.03 bits per heavy atom. The average molecular weight is 475 g/mol. The number of carboxylic acids is 1. The van der Waals surface area contributed by atoms with E-state index in [9.17, 15) is 24.3 Å². The van der Waals surface area contributed by atoms with Gasteiger partial charge in [0.25, 0.3) is 11.1 Å². The predicted octanol–water partition coefficient (Wildman–Crippen LogP) is 3.13. The number of imide groups is 1. The van der Waals surface area contributed by atoms with Crippen molar-refractivity contribution in [3.63, 3.8) is 0 Å². The standard InChI is InChI=1S/C25H21N3O5S/c1-15-6-3-7-16(2)22(15)26-21(29)14-28-23(30)20(34-25(28)33)13-19-10-5-11-27(19)18-9-4-8-17(12-18)24(31)32/h3-13H,14H2,1-2H3,(H,26,29)(H,31,32)/p-1/b20-13-. The van der Waals surface area contributed by atoms with Crippen molar-refractivity contribution >= 4 is 46.5 Å². The number of aromatic carboxylic acids is 1. The number of aryl methyl sites for hydroxylation is 2. The fourth-order valence-electron chi connectivity index (χ4n) is 3.63. The van der Waals surface area contributed by atoms with Crippen LogP contribution in [0.2, 0.25) is 0 Å². The molecule has 1 N–H and O–H groups in total. The number of thioether (sulfide) groups is 1. The molecular formula is C25H20N3O5S-. The van der Waals surface area contributed by atoms with Crippen molar-refractivity contribution in [1.29, 1.82) is 0 Å². The first-order chi connectivity index (χ1) is 16.2. The van der Waals surface area contributed by atoms with E-state index in [1.54, 1.807) is 41.1 Å². The first kappa shape index (κ1) is 23.1. The minimum atomic E-state index is -1.30. The molecule has 34 heavy (non-hydrogen) atoms. The SMILES string of the molecule is Cc1cccc(C)c1NC(=O)CN1C(=O)S/C(=C\c2cccn2-c2cccc(C(=O)[O-])c2)C1=O. The van der Waals surface area contributed by atoms with Crippen molar-refractivity contribution in [2.45, 2.75) is 13.8 Å². The summed E-state index contributed by atoms with van der Waals surface area (Å²) in [6, 6.07) is 15.3. The fraction of sp³-hybridized carbons (Fsp3) is 0.120. The van der Waals surface area contributed by atoms with Gasteiger partial charge in [-0.25, -0.2) is 0 Å². The number of hydrogen-bond acceptors (Lipinski definition) is 6. The van der Waals surface area contributed by atoms with Gasteiger partial charge in [-0.2, -0.15) is 0 Å². The number of amides is 3. The van der Waals surface area contributed by atoms with Gasteiger partial charge in [0.2, 0.25) is 5.91 Å². The molecule has 0 atom stereocenters. The molecule has 1 fully saturated rings. The zero-order valence-electron chi connectivity index (χ0n) is 18.4. The second kappa shape index (κ2) is 9.40. The van der Waals surface area contributed by atoms with Crippen LogP contribution in [0.1, 0.15) is 27.2 Å². The van der Waals surface area contributed by atoms with E-state index in [1.165, 1.54) is 12.1 Å². The zero-order chi connectivity index (χ0) is 24.4. The number of carbonyl (C=O) groups excluding carboxylic acids is 4. The number of carboxylic acid groups (broad SMARTS) is 1. The maximum atomic E-state index is 12.9. The Morgan fingerprint density at radius 2 is 1.74 bits per heavy atom. The van der Waals surface area contributed by atoms with Gasteiger partial charge in [0.1, 0.15) is 6.54 Å². The summed E-state index contributed by atoms with van der Waals surface area (Å²) < 4.78 is 1.69. The van der Waals surface area contributed by atoms with Gasteiger partial charge >= 0.3 is 0 Å². The number of para-hydroxylation sites is 1. The van der Waals surface area contributed by atoms with E-state index in [4.69, 9.17) is 0 Å². The van der Waals surface area contributed by atoms with E-state index in [0.717, 1.165) is 27.8 Å². The Labute approximate surface area is 199 Å². The molecule has 0 spiro atoms. The number of carbonyl (C=O) groups is 4. The number of benzene rings is 2. The summed E-state index contributed by atoms with van der Waals surface area (Å²) in [6.45, 7) is 3.33. The van der Waals surface area contributed by atoms with Gasteiger partial charge in [0, 0.05) is 23.3 Å². The third kappa shape index (κ3) is 4.65. The minimum absolute atomic E-state index is 0.0207. The predicted molar refractivity (Wildman–Crippen MR) is 127 cm³/mol. The number of hydrogen-bond donors (Lipinski definition) is 1. The smallest absolute Gasteiger partial charge is 0.294 e. The van der Waals surface area contributed by atoms with Crippen LogP contribution < -0.4 is 10.4 Å². The molecule has 1 aliphatic heterocycles. The molecule has 2 heterocycles. The van der Waals surface area contributed by atoms with E-state index in [-0.39, 0.29) is 10.5 Å². The molecule has 0 aliphatic carbocycles. The summed E-state index contributed by atoms with van der Waals surface area (Å²) >= 11 is 0.748. The van der Waals surface area contributed by atoms with Gasteiger partial charge < -0.3 is 19.8 Å². The molecule has 2 aromatic carbocycles. The molecule has 1 saturated heterocycles. The quantitative estimate of drug-likeness (QED) is 0.550. The fourth-order valence-corrected chi connectivity index (χ4v) is 4.46. The van der Waals surface area contributed by atoms with Crippen LogP contribution in [0.25, 0.3) is 11.8 Å². The van der Waals surface area contributed by atoms with Crippen molar-refractivity contribution in [2.75, 3.05) is 11.9 Å². The van der Waals surface area contributed by atoms with Crippen molar-refractivity contribution in [3.05, 3.63) is 88.1 Å². The molecule has 9 heteroatoms. The Bertz CT molecular complexity index is 1340. The highest BCUT2D eigenvalue weighted by Gasteiger charge is 2.36. The lowest BCUT2D eigenvalue weighted by Gasteiger charge is -2.15. The summed E-state index contributed by atoms with van der Waals surface area (Å²) in [6.07, 6.45) is 3.25. The van der Waals surface area contributed by atoms with E-state index >= 15 is 0 Å². The van der Waals surface area contributed by atoms with E-state index in [1.807, 2.05) is 32.0 Å². The molecular weight excluding hydrogens is 454 g/mol. The first-order valence-electron chi connectivity index (χ1n) is 10.3. The summed E-state index contributed by atoms with van der Waals surface area (Å²) in [7, 11) is 0. The van der Waals surface area contributed by atoms with Crippen LogP contribution in [0.5, 0.6) is 0 Å². The maximum absolute atomic E-state index is 12.9. The summed E-state index contributed by atoms with van der Waals surface area (Å²) in [5.41, 5.74) is 3.57. The molecule has 172 valence electrons. The molecule has 0 saturated carbocycles. The molecule has 8 nitrogen and oxygen atoms in total. The molecule has 0 bridgehead atoms. The Morgan fingerprint density at radius 3 is 2.44 bits per heavy atom. The Kier molecular flexibility index (Phi) is 6.38. The van der Waals surface area contributed by atoms with Crippen LogP contribution >= 0.6 is 11.8 Å². The average Bonchev–Trinajstić information content (AvgIpc) is 3.36. The lowest BCUT2D eigenvalue weighted by atomic mass is 10.1. The number of aromatic nitrogens is 1. The zero-order valence-corrected chi connectivity index (χ0v) is 19.2. The number of nitrogens with one attached hydrogen (secondary N) is 1. The number of anilines is 1. The lowest BCUT2D eigenvalue weighted by Crippen LogP contribution is -2.36. The van der Waals surface area contributed by atoms with Gasteiger partial charge in [0.05, 0.1) is 10.9 Å². The van der Waals surface area contributed by atoms with Gasteiger partial charge in [-0.05, 0) is 72.6 Å². The lowest BCUT2D eigenvalue weighted by molar-refractivity contribution is -0.255. The highest BCUT2D eigenvalue weighted by molar-refractivity contribution is 8.18. The summed E-state index contributed by atoms with van der Waals surface area (Å²) in [5.74, 6) is -2.33. The molecule has 1 aromatic heterocycles.